The lowest BCUT2D eigenvalue weighted by molar-refractivity contribution is 0.0694. The van der Waals surface area contributed by atoms with Gasteiger partial charge >= 0.3 is 0 Å². The van der Waals surface area contributed by atoms with E-state index in [-0.39, 0.29) is 48.7 Å². The number of halogens is 2. The van der Waals surface area contributed by atoms with Crippen LogP contribution in [0.15, 0.2) is 18.2 Å². The molecule has 1 fully saturated rings. The summed E-state index contributed by atoms with van der Waals surface area (Å²) in [6.07, 6.45) is 0. The molecule has 134 valence electrons. The second kappa shape index (κ2) is 7.35. The summed E-state index contributed by atoms with van der Waals surface area (Å²) in [6.45, 7) is 4.55. The minimum Gasteiger partial charge on any atom is -0.336 e. The second-order valence-electron chi connectivity index (χ2n) is 5.93. The molecule has 0 bridgehead atoms. The van der Waals surface area contributed by atoms with Crippen LogP contribution >= 0.6 is 11.6 Å². The van der Waals surface area contributed by atoms with Gasteiger partial charge in [-0.15, -0.1) is 0 Å². The first kappa shape index (κ1) is 19.1. The second-order valence-corrected chi connectivity index (χ2v) is 8.33. The summed E-state index contributed by atoms with van der Waals surface area (Å²) in [5.41, 5.74) is 0.216. The predicted octanol–water partition coefficient (Wildman–Crippen LogP) is 1.82. The van der Waals surface area contributed by atoms with Gasteiger partial charge in [0.1, 0.15) is 5.82 Å². The van der Waals surface area contributed by atoms with Gasteiger partial charge in [-0.2, -0.15) is 17.0 Å². The van der Waals surface area contributed by atoms with E-state index in [0.717, 1.165) is 6.07 Å². The van der Waals surface area contributed by atoms with Crippen molar-refractivity contribution >= 4 is 27.7 Å². The Bertz CT molecular complexity index is 719. The molecule has 1 amide bonds. The number of rotatable bonds is 4. The van der Waals surface area contributed by atoms with E-state index >= 15 is 0 Å². The van der Waals surface area contributed by atoms with E-state index in [1.807, 2.05) is 0 Å². The van der Waals surface area contributed by atoms with Gasteiger partial charge in [0.05, 0.1) is 10.6 Å². The summed E-state index contributed by atoms with van der Waals surface area (Å²) in [5.74, 6) is -0.835. The maximum atomic E-state index is 13.1. The molecule has 24 heavy (non-hydrogen) atoms. The maximum absolute atomic E-state index is 13.1. The molecule has 0 saturated carbocycles. The van der Waals surface area contributed by atoms with E-state index in [1.54, 1.807) is 13.8 Å². The number of nitrogens with zero attached hydrogens (tertiary/aromatic N) is 3. The molecule has 0 aromatic heterocycles. The summed E-state index contributed by atoms with van der Waals surface area (Å²) in [6, 6.07) is 3.47. The minimum absolute atomic E-state index is 0.0505. The molecule has 0 radical (unpaired) electrons. The fourth-order valence-electron chi connectivity index (χ4n) is 2.40. The van der Waals surface area contributed by atoms with Gasteiger partial charge in [0, 0.05) is 39.3 Å². The highest BCUT2D eigenvalue weighted by Crippen LogP contribution is 2.21. The van der Waals surface area contributed by atoms with Crippen LogP contribution in [0.2, 0.25) is 5.02 Å². The Kier molecular flexibility index (Phi) is 5.85. The Labute approximate surface area is 147 Å². The van der Waals surface area contributed by atoms with Gasteiger partial charge < -0.3 is 4.90 Å². The smallest absolute Gasteiger partial charge is 0.282 e. The molecule has 1 heterocycles. The molecule has 1 saturated heterocycles. The topological polar surface area (TPSA) is 60.9 Å². The van der Waals surface area contributed by atoms with Gasteiger partial charge in [0.2, 0.25) is 0 Å². The van der Waals surface area contributed by atoms with Crippen molar-refractivity contribution in [2.45, 2.75) is 19.9 Å². The van der Waals surface area contributed by atoms with E-state index in [0.29, 0.717) is 0 Å². The lowest BCUT2D eigenvalue weighted by Crippen LogP contribution is -2.54. The number of piperazine rings is 1. The van der Waals surface area contributed by atoms with Crippen molar-refractivity contribution < 1.29 is 17.6 Å². The highest BCUT2D eigenvalue weighted by atomic mass is 35.5. The van der Waals surface area contributed by atoms with Crippen molar-refractivity contribution in [3.8, 4) is 0 Å². The SMILES string of the molecule is CC(C)N(C)S(=O)(=O)N1CCN(C(=O)c2ccc(F)cc2Cl)CC1. The molecular weight excluding hydrogens is 357 g/mol. The van der Waals surface area contributed by atoms with Crippen LogP contribution in [0.1, 0.15) is 24.2 Å². The lowest BCUT2D eigenvalue weighted by Gasteiger charge is -2.36. The number of hydrogen-bond donors (Lipinski definition) is 0. The molecule has 9 heteroatoms. The van der Waals surface area contributed by atoms with Crippen molar-refractivity contribution in [1.82, 2.24) is 13.5 Å². The standard InChI is InChI=1S/C15H21ClFN3O3S/c1-11(2)18(3)24(22,23)20-8-6-19(7-9-20)15(21)13-5-4-12(17)10-14(13)16/h4-5,10-11H,6-9H2,1-3H3. The molecule has 0 unspecified atom stereocenters. The first-order valence-electron chi connectivity index (χ1n) is 7.62. The number of carbonyl (C=O) groups excluding carboxylic acids is 1. The van der Waals surface area contributed by atoms with Crippen molar-refractivity contribution in [3.05, 3.63) is 34.6 Å². The van der Waals surface area contributed by atoms with Gasteiger partial charge in [0.15, 0.2) is 0 Å². The van der Waals surface area contributed by atoms with Crippen LogP contribution in [0.3, 0.4) is 0 Å². The van der Waals surface area contributed by atoms with E-state index in [4.69, 9.17) is 11.6 Å². The number of benzene rings is 1. The summed E-state index contributed by atoms with van der Waals surface area (Å²) in [7, 11) is -2.00. The van der Waals surface area contributed by atoms with Crippen LogP contribution in [-0.4, -0.2) is 67.1 Å². The fourth-order valence-corrected chi connectivity index (χ4v) is 4.17. The van der Waals surface area contributed by atoms with Crippen molar-refractivity contribution in [2.75, 3.05) is 33.2 Å². The molecule has 1 aliphatic rings. The molecule has 0 N–H and O–H groups in total. The Hall–Kier alpha value is -1.22. The first-order valence-corrected chi connectivity index (χ1v) is 9.39. The molecule has 1 aliphatic heterocycles. The highest BCUT2D eigenvalue weighted by molar-refractivity contribution is 7.86. The molecule has 0 spiro atoms. The predicted molar refractivity (Wildman–Crippen MR) is 90.7 cm³/mol. The Morgan fingerprint density at radius 3 is 2.33 bits per heavy atom. The van der Waals surface area contributed by atoms with Crippen LogP contribution < -0.4 is 0 Å². The van der Waals surface area contributed by atoms with E-state index in [2.05, 4.69) is 0 Å². The largest absolute Gasteiger partial charge is 0.336 e. The summed E-state index contributed by atoms with van der Waals surface area (Å²) >= 11 is 5.92. The molecule has 1 aromatic carbocycles. The Balaban J connectivity index is 2.06. The molecule has 6 nitrogen and oxygen atoms in total. The third-order valence-electron chi connectivity index (χ3n) is 4.10. The lowest BCUT2D eigenvalue weighted by atomic mass is 10.2. The number of hydrogen-bond acceptors (Lipinski definition) is 3. The third-order valence-corrected chi connectivity index (χ3v) is 6.58. The third kappa shape index (κ3) is 3.88. The molecule has 1 aromatic rings. The normalized spacial score (nSPS) is 16.9. The zero-order valence-corrected chi connectivity index (χ0v) is 15.4. The summed E-state index contributed by atoms with van der Waals surface area (Å²) in [5, 5.41) is 0.0505. The van der Waals surface area contributed by atoms with E-state index in [9.17, 15) is 17.6 Å². The van der Waals surface area contributed by atoms with Crippen molar-refractivity contribution in [3.63, 3.8) is 0 Å². The average molecular weight is 378 g/mol. The monoisotopic (exact) mass is 377 g/mol. The van der Waals surface area contributed by atoms with Crippen LogP contribution in [0.5, 0.6) is 0 Å². The van der Waals surface area contributed by atoms with Gasteiger partial charge in [-0.1, -0.05) is 11.6 Å². The van der Waals surface area contributed by atoms with Crippen LogP contribution in [0.25, 0.3) is 0 Å². The number of amides is 1. The molecule has 2 rings (SSSR count). The fraction of sp³-hybridized carbons (Fsp3) is 0.533. The Morgan fingerprint density at radius 2 is 1.83 bits per heavy atom. The van der Waals surface area contributed by atoms with E-state index in [1.165, 1.54) is 32.7 Å². The van der Waals surface area contributed by atoms with Gasteiger partial charge in [0.25, 0.3) is 16.1 Å². The maximum Gasteiger partial charge on any atom is 0.282 e. The summed E-state index contributed by atoms with van der Waals surface area (Å²) in [4.78, 5) is 14.0. The van der Waals surface area contributed by atoms with Gasteiger partial charge in [-0.25, -0.2) is 4.39 Å². The van der Waals surface area contributed by atoms with Gasteiger partial charge in [-0.05, 0) is 32.0 Å². The van der Waals surface area contributed by atoms with Crippen molar-refractivity contribution in [1.29, 1.82) is 0 Å². The molecule has 0 aliphatic carbocycles. The van der Waals surface area contributed by atoms with Gasteiger partial charge in [-0.3, -0.25) is 4.79 Å². The minimum atomic E-state index is -3.54. The van der Waals surface area contributed by atoms with Crippen LogP contribution in [-0.2, 0) is 10.2 Å². The van der Waals surface area contributed by atoms with Crippen LogP contribution in [0.4, 0.5) is 4.39 Å². The molecular formula is C15H21ClFN3O3S. The average Bonchev–Trinajstić information content (AvgIpc) is 2.53. The highest BCUT2D eigenvalue weighted by Gasteiger charge is 2.33. The Morgan fingerprint density at radius 1 is 1.25 bits per heavy atom. The first-order chi connectivity index (χ1) is 11.1. The van der Waals surface area contributed by atoms with E-state index < -0.39 is 16.0 Å². The zero-order chi connectivity index (χ0) is 18.1. The summed E-state index contributed by atoms with van der Waals surface area (Å²) < 4.78 is 40.7. The molecule has 0 atom stereocenters. The quantitative estimate of drug-likeness (QED) is 0.804. The van der Waals surface area contributed by atoms with Crippen LogP contribution in [0, 0.1) is 5.82 Å². The van der Waals surface area contributed by atoms with Crippen molar-refractivity contribution in [2.24, 2.45) is 0 Å². The number of carbonyl (C=O) groups is 1. The zero-order valence-electron chi connectivity index (χ0n) is 13.9.